The smallest absolute Gasteiger partial charge is 0.157 e. The molecule has 168 valence electrons. The van der Waals surface area contributed by atoms with Crippen LogP contribution in [0.25, 0.3) is 0 Å². The minimum Gasteiger partial charge on any atom is -0.374 e. The van der Waals surface area contributed by atoms with Gasteiger partial charge in [0.25, 0.3) is 0 Å². The molecule has 1 heterocycles. The molecular weight excluding hydrogens is 404 g/mol. The largest absolute Gasteiger partial charge is 0.374 e. The molecule has 1 fully saturated rings. The van der Waals surface area contributed by atoms with Gasteiger partial charge in [-0.1, -0.05) is 91.0 Å². The maximum Gasteiger partial charge on any atom is 0.157 e. The zero-order valence-electron chi connectivity index (χ0n) is 18.1. The van der Waals surface area contributed by atoms with Gasteiger partial charge in [-0.25, -0.2) is 0 Å². The second-order valence-corrected chi connectivity index (χ2v) is 7.96. The molecule has 0 aromatic heterocycles. The molecule has 0 saturated carbocycles. The Morgan fingerprint density at radius 2 is 1.19 bits per heavy atom. The van der Waals surface area contributed by atoms with Crippen LogP contribution in [0.3, 0.4) is 0 Å². The summed E-state index contributed by atoms with van der Waals surface area (Å²) in [5.74, 6) is 0. The first-order valence-electron chi connectivity index (χ1n) is 11.0. The minimum absolute atomic E-state index is 0.302. The first-order chi connectivity index (χ1) is 15.8. The van der Waals surface area contributed by atoms with Crippen molar-refractivity contribution in [3.8, 4) is 0 Å². The van der Waals surface area contributed by atoms with Gasteiger partial charge in [0.1, 0.15) is 12.2 Å². The SMILES string of the molecule is O[C@@H]1C[C@H](OCc2ccccc2)[C@@H](OCc2ccccc2)[C@@H](COCc2ccccc2)O1. The van der Waals surface area contributed by atoms with Crippen LogP contribution in [-0.4, -0.2) is 36.3 Å². The molecule has 0 spiro atoms. The Hall–Kier alpha value is -2.54. The Kier molecular flexibility index (Phi) is 8.42. The molecule has 0 radical (unpaired) electrons. The van der Waals surface area contributed by atoms with Gasteiger partial charge in [0.15, 0.2) is 6.29 Å². The summed E-state index contributed by atoms with van der Waals surface area (Å²) in [6, 6.07) is 30.0. The summed E-state index contributed by atoms with van der Waals surface area (Å²) < 4.78 is 24.3. The van der Waals surface area contributed by atoms with Crippen LogP contribution in [0.5, 0.6) is 0 Å². The predicted molar refractivity (Wildman–Crippen MR) is 122 cm³/mol. The zero-order chi connectivity index (χ0) is 22.0. The van der Waals surface area contributed by atoms with Gasteiger partial charge in [-0.05, 0) is 16.7 Å². The Bertz CT molecular complexity index is 903. The van der Waals surface area contributed by atoms with Crippen LogP contribution in [0, 0.1) is 0 Å². The van der Waals surface area contributed by atoms with Crippen molar-refractivity contribution in [1.29, 1.82) is 0 Å². The van der Waals surface area contributed by atoms with Crippen molar-refractivity contribution < 1.29 is 24.1 Å². The Labute approximate surface area is 189 Å². The maximum atomic E-state index is 10.4. The van der Waals surface area contributed by atoms with Gasteiger partial charge in [0.05, 0.1) is 32.5 Å². The summed E-state index contributed by atoms with van der Waals surface area (Å²) in [6.07, 6.45) is -1.68. The van der Waals surface area contributed by atoms with Crippen molar-refractivity contribution in [2.24, 2.45) is 0 Å². The summed E-state index contributed by atoms with van der Waals surface area (Å²) in [5.41, 5.74) is 3.24. The molecule has 4 atom stereocenters. The number of aliphatic hydroxyl groups excluding tert-OH is 1. The maximum absolute atomic E-state index is 10.4. The van der Waals surface area contributed by atoms with Gasteiger partial charge in [0.2, 0.25) is 0 Å². The molecule has 1 N–H and O–H groups in total. The van der Waals surface area contributed by atoms with Crippen LogP contribution in [0.1, 0.15) is 23.1 Å². The molecule has 32 heavy (non-hydrogen) atoms. The monoisotopic (exact) mass is 434 g/mol. The lowest BCUT2D eigenvalue weighted by atomic mass is 10.0. The third kappa shape index (κ3) is 6.73. The van der Waals surface area contributed by atoms with Gasteiger partial charge < -0.3 is 24.1 Å². The molecule has 1 aliphatic rings. The van der Waals surface area contributed by atoms with Crippen LogP contribution in [0.15, 0.2) is 91.0 Å². The number of hydrogen-bond donors (Lipinski definition) is 1. The third-order valence-electron chi connectivity index (χ3n) is 5.48. The zero-order valence-corrected chi connectivity index (χ0v) is 18.1. The molecule has 3 aromatic rings. The number of rotatable bonds is 10. The summed E-state index contributed by atoms with van der Waals surface area (Å²) >= 11 is 0. The van der Waals surface area contributed by atoms with Crippen LogP contribution in [0.2, 0.25) is 0 Å². The molecule has 4 rings (SSSR count). The van der Waals surface area contributed by atoms with E-state index in [2.05, 4.69) is 0 Å². The lowest BCUT2D eigenvalue weighted by molar-refractivity contribution is -0.265. The average molecular weight is 435 g/mol. The van der Waals surface area contributed by atoms with Crippen LogP contribution in [0.4, 0.5) is 0 Å². The molecule has 3 aromatic carbocycles. The van der Waals surface area contributed by atoms with E-state index in [0.717, 1.165) is 16.7 Å². The molecule has 5 nitrogen and oxygen atoms in total. The number of ether oxygens (including phenoxy) is 4. The number of hydrogen-bond acceptors (Lipinski definition) is 5. The Morgan fingerprint density at radius 1 is 0.688 bits per heavy atom. The van der Waals surface area contributed by atoms with Crippen LogP contribution >= 0.6 is 0 Å². The van der Waals surface area contributed by atoms with Gasteiger partial charge in [0, 0.05) is 6.42 Å². The second kappa shape index (κ2) is 11.9. The highest BCUT2D eigenvalue weighted by Crippen LogP contribution is 2.27. The van der Waals surface area contributed by atoms with Crippen molar-refractivity contribution in [3.05, 3.63) is 108 Å². The molecule has 0 aliphatic carbocycles. The van der Waals surface area contributed by atoms with Crippen molar-refractivity contribution in [3.63, 3.8) is 0 Å². The highest BCUT2D eigenvalue weighted by Gasteiger charge is 2.40. The first-order valence-corrected chi connectivity index (χ1v) is 11.0. The normalized spacial score (nSPS) is 23.2. The topological polar surface area (TPSA) is 57.2 Å². The number of aliphatic hydroxyl groups is 1. The van der Waals surface area contributed by atoms with Crippen LogP contribution < -0.4 is 0 Å². The van der Waals surface area contributed by atoms with Gasteiger partial charge in [-0.2, -0.15) is 0 Å². The predicted octanol–water partition coefficient (Wildman–Crippen LogP) is 4.48. The summed E-state index contributed by atoms with van der Waals surface area (Å²) in [7, 11) is 0. The Balaban J connectivity index is 1.42. The number of benzene rings is 3. The van der Waals surface area contributed by atoms with E-state index in [1.807, 2.05) is 91.0 Å². The first kappa shape index (κ1) is 22.6. The van der Waals surface area contributed by atoms with E-state index in [9.17, 15) is 5.11 Å². The van der Waals surface area contributed by atoms with E-state index in [-0.39, 0.29) is 12.2 Å². The molecule has 0 unspecified atom stereocenters. The van der Waals surface area contributed by atoms with Gasteiger partial charge >= 0.3 is 0 Å². The molecule has 1 saturated heterocycles. The lowest BCUT2D eigenvalue weighted by Crippen LogP contribution is -2.52. The second-order valence-electron chi connectivity index (χ2n) is 7.96. The van der Waals surface area contributed by atoms with Crippen molar-refractivity contribution >= 4 is 0 Å². The van der Waals surface area contributed by atoms with Crippen LogP contribution in [-0.2, 0) is 38.8 Å². The highest BCUT2D eigenvalue weighted by molar-refractivity contribution is 5.15. The van der Waals surface area contributed by atoms with Gasteiger partial charge in [-0.15, -0.1) is 0 Å². The fraction of sp³-hybridized carbons (Fsp3) is 0.333. The fourth-order valence-corrected chi connectivity index (χ4v) is 3.83. The summed E-state index contributed by atoms with van der Waals surface area (Å²) in [4.78, 5) is 0. The van der Waals surface area contributed by atoms with E-state index in [1.165, 1.54) is 0 Å². The molecule has 1 aliphatic heterocycles. The summed E-state index contributed by atoms with van der Waals surface area (Å²) in [6.45, 7) is 1.65. The standard InChI is InChI=1S/C27H30O5/c28-26-16-24(30-18-22-12-6-2-7-13-22)27(31-19-23-14-8-3-9-15-23)25(32-26)20-29-17-21-10-4-1-5-11-21/h1-15,24-28H,16-20H2/t24-,25+,26-,27+/m0/s1. The third-order valence-corrected chi connectivity index (χ3v) is 5.48. The Morgan fingerprint density at radius 3 is 1.75 bits per heavy atom. The van der Waals surface area contributed by atoms with E-state index < -0.39 is 12.4 Å². The highest BCUT2D eigenvalue weighted by atomic mass is 16.6. The average Bonchev–Trinajstić information content (AvgIpc) is 2.84. The van der Waals surface area contributed by atoms with Crippen molar-refractivity contribution in [2.45, 2.75) is 50.8 Å². The summed E-state index contributed by atoms with van der Waals surface area (Å²) in [5, 5.41) is 10.4. The van der Waals surface area contributed by atoms with E-state index in [4.69, 9.17) is 18.9 Å². The lowest BCUT2D eigenvalue weighted by Gasteiger charge is -2.39. The quantitative estimate of drug-likeness (QED) is 0.510. The van der Waals surface area contributed by atoms with Crippen molar-refractivity contribution in [1.82, 2.24) is 0 Å². The van der Waals surface area contributed by atoms with Crippen molar-refractivity contribution in [2.75, 3.05) is 6.61 Å². The molecule has 5 heteroatoms. The van der Waals surface area contributed by atoms with E-state index in [0.29, 0.717) is 32.8 Å². The fourth-order valence-electron chi connectivity index (χ4n) is 3.83. The molecule has 0 bridgehead atoms. The van der Waals surface area contributed by atoms with Gasteiger partial charge in [-0.3, -0.25) is 0 Å². The van der Waals surface area contributed by atoms with E-state index in [1.54, 1.807) is 0 Å². The molecule has 0 amide bonds. The van der Waals surface area contributed by atoms with E-state index >= 15 is 0 Å². The molecular formula is C27H30O5. The minimum atomic E-state index is -0.919.